The minimum Gasteiger partial charge on any atom is -0.476 e. The van der Waals surface area contributed by atoms with Crippen LogP contribution in [-0.2, 0) is 15.6 Å². The van der Waals surface area contributed by atoms with Crippen LogP contribution in [0.1, 0.15) is 21.6 Å². The SMILES string of the molecule is Cc1ccc(CS(=O)(=O)c2ncc(Cl)c(C(=O)O)n2)cc1. The number of aromatic nitrogens is 2. The largest absolute Gasteiger partial charge is 0.476 e. The molecule has 1 N–H and O–H groups in total. The number of sulfone groups is 1. The minimum atomic E-state index is -3.84. The van der Waals surface area contributed by atoms with Crippen LogP contribution in [0.15, 0.2) is 35.6 Å². The van der Waals surface area contributed by atoms with E-state index in [2.05, 4.69) is 9.97 Å². The third-order valence-corrected chi connectivity index (χ3v) is 4.42. The van der Waals surface area contributed by atoms with Gasteiger partial charge in [0.1, 0.15) is 0 Å². The van der Waals surface area contributed by atoms with Gasteiger partial charge < -0.3 is 5.11 Å². The van der Waals surface area contributed by atoms with E-state index in [1.807, 2.05) is 6.92 Å². The summed E-state index contributed by atoms with van der Waals surface area (Å²) in [4.78, 5) is 18.1. The van der Waals surface area contributed by atoms with E-state index in [4.69, 9.17) is 16.7 Å². The molecule has 0 bridgehead atoms. The van der Waals surface area contributed by atoms with Crippen molar-refractivity contribution in [3.63, 3.8) is 0 Å². The average Bonchev–Trinajstić information content (AvgIpc) is 2.41. The van der Waals surface area contributed by atoms with E-state index < -0.39 is 26.7 Å². The molecule has 0 aliphatic carbocycles. The van der Waals surface area contributed by atoms with Gasteiger partial charge in [-0.25, -0.2) is 23.2 Å². The average molecular weight is 327 g/mol. The Balaban J connectivity index is 2.38. The molecular weight excluding hydrogens is 316 g/mol. The van der Waals surface area contributed by atoms with Crippen LogP contribution in [0.4, 0.5) is 0 Å². The Labute approximate surface area is 126 Å². The van der Waals surface area contributed by atoms with Crippen molar-refractivity contribution in [1.82, 2.24) is 9.97 Å². The van der Waals surface area contributed by atoms with Crippen LogP contribution in [0.3, 0.4) is 0 Å². The van der Waals surface area contributed by atoms with Gasteiger partial charge in [-0.15, -0.1) is 0 Å². The molecule has 6 nitrogen and oxygen atoms in total. The highest BCUT2D eigenvalue weighted by atomic mass is 35.5. The second-order valence-electron chi connectivity index (χ2n) is 4.40. The smallest absolute Gasteiger partial charge is 0.356 e. The first-order chi connectivity index (χ1) is 9.79. The molecule has 1 heterocycles. The van der Waals surface area contributed by atoms with Crippen molar-refractivity contribution in [3.8, 4) is 0 Å². The van der Waals surface area contributed by atoms with E-state index in [0.717, 1.165) is 11.8 Å². The van der Waals surface area contributed by atoms with Gasteiger partial charge in [-0.2, -0.15) is 0 Å². The molecule has 0 aliphatic heterocycles. The van der Waals surface area contributed by atoms with Crippen molar-refractivity contribution in [2.45, 2.75) is 17.8 Å². The van der Waals surface area contributed by atoms with E-state index in [9.17, 15) is 13.2 Å². The fraction of sp³-hybridized carbons (Fsp3) is 0.154. The maximum Gasteiger partial charge on any atom is 0.356 e. The summed E-state index contributed by atoms with van der Waals surface area (Å²) in [7, 11) is -3.84. The van der Waals surface area contributed by atoms with Crippen LogP contribution in [0, 0.1) is 6.92 Å². The number of hydrogen-bond donors (Lipinski definition) is 1. The van der Waals surface area contributed by atoms with Gasteiger partial charge >= 0.3 is 5.97 Å². The lowest BCUT2D eigenvalue weighted by molar-refractivity contribution is 0.0689. The number of nitrogens with zero attached hydrogens (tertiary/aromatic N) is 2. The molecule has 0 saturated carbocycles. The third-order valence-electron chi connectivity index (χ3n) is 2.68. The molecule has 21 heavy (non-hydrogen) atoms. The fourth-order valence-electron chi connectivity index (χ4n) is 1.62. The molecule has 0 atom stereocenters. The van der Waals surface area contributed by atoms with Gasteiger partial charge in [0.15, 0.2) is 5.69 Å². The summed E-state index contributed by atoms with van der Waals surface area (Å²) in [5, 5.41) is 8.14. The lowest BCUT2D eigenvalue weighted by atomic mass is 10.2. The molecule has 0 saturated heterocycles. The lowest BCUT2D eigenvalue weighted by Crippen LogP contribution is -2.13. The number of aryl methyl sites for hydroxylation is 1. The Morgan fingerprint density at radius 1 is 1.29 bits per heavy atom. The Hall–Kier alpha value is -1.99. The lowest BCUT2D eigenvalue weighted by Gasteiger charge is -2.05. The molecule has 2 aromatic rings. The van der Waals surface area contributed by atoms with Gasteiger partial charge in [-0.3, -0.25) is 0 Å². The van der Waals surface area contributed by atoms with Crippen molar-refractivity contribution in [2.24, 2.45) is 0 Å². The minimum absolute atomic E-state index is 0.211. The molecule has 8 heteroatoms. The molecule has 2 rings (SSSR count). The van der Waals surface area contributed by atoms with Gasteiger partial charge in [0.25, 0.3) is 0 Å². The summed E-state index contributed by atoms with van der Waals surface area (Å²) in [5.41, 5.74) is 1.04. The molecule has 1 aromatic carbocycles. The number of rotatable bonds is 4. The zero-order valence-electron chi connectivity index (χ0n) is 10.9. The Morgan fingerprint density at radius 2 is 1.90 bits per heavy atom. The number of halogens is 1. The quantitative estimate of drug-likeness (QED) is 0.864. The van der Waals surface area contributed by atoms with Gasteiger partial charge in [-0.05, 0) is 12.5 Å². The summed E-state index contributed by atoms with van der Waals surface area (Å²) in [5.74, 6) is -1.72. The first kappa shape index (κ1) is 15.4. The van der Waals surface area contributed by atoms with Crippen LogP contribution in [0.2, 0.25) is 5.02 Å². The van der Waals surface area contributed by atoms with E-state index >= 15 is 0 Å². The number of benzene rings is 1. The van der Waals surface area contributed by atoms with Crippen molar-refractivity contribution in [2.75, 3.05) is 0 Å². The fourth-order valence-corrected chi connectivity index (χ4v) is 2.99. The summed E-state index contributed by atoms with van der Waals surface area (Å²) >= 11 is 5.62. The highest BCUT2D eigenvalue weighted by Gasteiger charge is 2.22. The summed E-state index contributed by atoms with van der Waals surface area (Å²) in [6, 6.07) is 6.94. The van der Waals surface area contributed by atoms with Crippen LogP contribution < -0.4 is 0 Å². The summed E-state index contributed by atoms with van der Waals surface area (Å²) < 4.78 is 24.4. The second-order valence-corrected chi connectivity index (χ2v) is 6.69. The van der Waals surface area contributed by atoms with E-state index in [1.54, 1.807) is 24.3 Å². The molecule has 110 valence electrons. The van der Waals surface area contributed by atoms with Gasteiger partial charge in [-0.1, -0.05) is 41.4 Å². The Bertz CT molecular complexity index is 788. The third kappa shape index (κ3) is 3.56. The highest BCUT2D eigenvalue weighted by Crippen LogP contribution is 2.17. The number of carboxylic acids is 1. The highest BCUT2D eigenvalue weighted by molar-refractivity contribution is 7.90. The normalized spacial score (nSPS) is 11.3. The molecule has 1 aromatic heterocycles. The number of carboxylic acid groups (broad SMARTS) is 1. The van der Waals surface area contributed by atoms with Crippen LogP contribution in [0.25, 0.3) is 0 Å². The molecular formula is C13H11ClN2O4S. The molecule has 0 aliphatic rings. The monoisotopic (exact) mass is 326 g/mol. The maximum absolute atomic E-state index is 12.2. The predicted molar refractivity (Wildman–Crippen MR) is 76.1 cm³/mol. The van der Waals surface area contributed by atoms with Crippen molar-refractivity contribution in [1.29, 1.82) is 0 Å². The zero-order valence-corrected chi connectivity index (χ0v) is 12.5. The molecule has 0 spiro atoms. The van der Waals surface area contributed by atoms with Crippen LogP contribution in [-0.4, -0.2) is 29.5 Å². The molecule has 0 radical (unpaired) electrons. The predicted octanol–water partition coefficient (Wildman–Crippen LogP) is 2.11. The second kappa shape index (κ2) is 5.79. The molecule has 0 fully saturated rings. The standard InChI is InChI=1S/C13H11ClN2O4S/c1-8-2-4-9(5-3-8)7-21(19,20)13-15-6-10(14)11(16-13)12(17)18/h2-6H,7H2,1H3,(H,17,18). The van der Waals surface area contributed by atoms with Crippen molar-refractivity contribution >= 4 is 27.4 Å². The topological polar surface area (TPSA) is 97.2 Å². The summed E-state index contributed by atoms with van der Waals surface area (Å²) in [6.45, 7) is 1.89. The van der Waals surface area contributed by atoms with Crippen molar-refractivity contribution in [3.05, 3.63) is 52.3 Å². The van der Waals surface area contributed by atoms with E-state index in [1.165, 1.54) is 0 Å². The van der Waals surface area contributed by atoms with Crippen LogP contribution in [0.5, 0.6) is 0 Å². The van der Waals surface area contributed by atoms with Crippen molar-refractivity contribution < 1.29 is 18.3 Å². The van der Waals surface area contributed by atoms with Crippen LogP contribution >= 0.6 is 11.6 Å². The summed E-state index contributed by atoms with van der Waals surface area (Å²) in [6.07, 6.45) is 0.972. The Kier molecular flexibility index (Phi) is 4.24. The van der Waals surface area contributed by atoms with Gasteiger partial charge in [0.05, 0.1) is 17.0 Å². The van der Waals surface area contributed by atoms with Gasteiger partial charge in [0.2, 0.25) is 15.0 Å². The number of carbonyl (C=O) groups is 1. The first-order valence-electron chi connectivity index (χ1n) is 5.84. The Morgan fingerprint density at radius 3 is 2.48 bits per heavy atom. The maximum atomic E-state index is 12.2. The number of aromatic carboxylic acids is 1. The zero-order chi connectivity index (χ0) is 15.6. The number of hydrogen-bond acceptors (Lipinski definition) is 5. The molecule has 0 amide bonds. The van der Waals surface area contributed by atoms with E-state index in [0.29, 0.717) is 5.56 Å². The first-order valence-corrected chi connectivity index (χ1v) is 7.87. The molecule has 0 unspecified atom stereocenters. The van der Waals surface area contributed by atoms with E-state index in [-0.39, 0.29) is 10.8 Å². The van der Waals surface area contributed by atoms with Gasteiger partial charge in [0, 0.05) is 0 Å².